The maximum absolute atomic E-state index is 13.5. The Morgan fingerprint density at radius 3 is 2.45 bits per heavy atom. The van der Waals surface area contributed by atoms with Crippen molar-refractivity contribution in [3.05, 3.63) is 83.9 Å². The van der Waals surface area contributed by atoms with Gasteiger partial charge in [-0.05, 0) is 64.9 Å². The van der Waals surface area contributed by atoms with Crippen molar-refractivity contribution >= 4 is 23.4 Å². The summed E-state index contributed by atoms with van der Waals surface area (Å²) >= 11 is 1.27. The summed E-state index contributed by atoms with van der Waals surface area (Å²) < 4.78 is 12.2. The van der Waals surface area contributed by atoms with Crippen LogP contribution in [0.5, 0.6) is 11.5 Å². The van der Waals surface area contributed by atoms with Crippen molar-refractivity contribution < 1.29 is 14.3 Å². The number of nitrogens with one attached hydrogen (secondary N) is 1. The zero-order valence-corrected chi connectivity index (χ0v) is 19.2. The van der Waals surface area contributed by atoms with Crippen LogP contribution in [-0.4, -0.2) is 40.3 Å². The van der Waals surface area contributed by atoms with Crippen molar-refractivity contribution in [2.24, 2.45) is 0 Å². The molecule has 3 aromatic carbocycles. The number of amides is 1. The molecular formula is C24H23N5O3S. The van der Waals surface area contributed by atoms with E-state index in [1.54, 1.807) is 18.9 Å². The third-order valence-electron chi connectivity index (χ3n) is 4.93. The first-order valence-electron chi connectivity index (χ1n) is 10.2. The van der Waals surface area contributed by atoms with Crippen molar-refractivity contribution in [2.45, 2.75) is 17.3 Å². The zero-order valence-electron chi connectivity index (χ0n) is 18.4. The molecular weight excluding hydrogens is 438 g/mol. The second-order valence-electron chi connectivity index (χ2n) is 7.17. The molecule has 8 nitrogen and oxygen atoms in total. The van der Waals surface area contributed by atoms with Crippen molar-refractivity contribution in [1.29, 1.82) is 0 Å². The van der Waals surface area contributed by atoms with Crippen LogP contribution in [0.15, 0.2) is 78.0 Å². The average Bonchev–Trinajstić information content (AvgIpc) is 3.31. The minimum Gasteiger partial charge on any atom is -0.497 e. The number of nitrogens with zero attached hydrogens (tertiary/aromatic N) is 4. The third kappa shape index (κ3) is 5.15. The number of benzene rings is 3. The molecule has 0 aliphatic heterocycles. The molecule has 4 aromatic rings. The fourth-order valence-electron chi connectivity index (χ4n) is 3.26. The van der Waals surface area contributed by atoms with Crippen LogP contribution in [0.1, 0.15) is 16.4 Å². The Labute approximate surface area is 195 Å². The normalized spacial score (nSPS) is 11.6. The first kappa shape index (κ1) is 22.3. The lowest BCUT2D eigenvalue weighted by molar-refractivity contribution is -0.115. The quantitative estimate of drug-likeness (QED) is 0.387. The first-order valence-corrected chi connectivity index (χ1v) is 11.1. The van der Waals surface area contributed by atoms with E-state index in [0.29, 0.717) is 16.6 Å². The van der Waals surface area contributed by atoms with Gasteiger partial charge in [-0.3, -0.25) is 4.79 Å². The van der Waals surface area contributed by atoms with Crippen LogP contribution in [0, 0.1) is 6.92 Å². The van der Waals surface area contributed by atoms with Crippen LogP contribution in [0.4, 0.5) is 5.69 Å². The smallest absolute Gasteiger partial charge is 0.242 e. The van der Waals surface area contributed by atoms with E-state index in [4.69, 9.17) is 9.47 Å². The number of anilines is 1. The zero-order chi connectivity index (χ0) is 23.2. The predicted octanol–water partition coefficient (Wildman–Crippen LogP) is 4.46. The van der Waals surface area contributed by atoms with Gasteiger partial charge in [-0.15, -0.1) is 5.10 Å². The highest BCUT2D eigenvalue weighted by Crippen LogP contribution is 2.37. The van der Waals surface area contributed by atoms with E-state index in [1.807, 2.05) is 79.7 Å². The molecule has 0 saturated heterocycles. The highest BCUT2D eigenvalue weighted by molar-refractivity contribution is 8.00. The van der Waals surface area contributed by atoms with E-state index in [1.165, 1.54) is 11.8 Å². The molecule has 0 fully saturated rings. The highest BCUT2D eigenvalue weighted by Gasteiger charge is 2.26. The highest BCUT2D eigenvalue weighted by atomic mass is 32.2. The van der Waals surface area contributed by atoms with Gasteiger partial charge < -0.3 is 14.8 Å². The summed E-state index contributed by atoms with van der Waals surface area (Å²) in [4.78, 5) is 13.5. The molecule has 0 radical (unpaired) electrons. The maximum atomic E-state index is 13.5. The van der Waals surface area contributed by atoms with Crippen molar-refractivity contribution in [1.82, 2.24) is 20.2 Å². The lowest BCUT2D eigenvalue weighted by Crippen LogP contribution is -2.20. The summed E-state index contributed by atoms with van der Waals surface area (Å²) in [6, 6.07) is 22.5. The Balaban J connectivity index is 1.65. The molecule has 1 heterocycles. The maximum Gasteiger partial charge on any atom is 0.242 e. The number of hydrogen-bond acceptors (Lipinski definition) is 7. The molecule has 0 aliphatic rings. The van der Waals surface area contributed by atoms with E-state index in [-0.39, 0.29) is 5.91 Å². The number of hydrogen-bond donors (Lipinski definition) is 1. The minimum atomic E-state index is -0.598. The van der Waals surface area contributed by atoms with Crippen LogP contribution >= 0.6 is 11.8 Å². The van der Waals surface area contributed by atoms with Crippen LogP contribution < -0.4 is 14.8 Å². The van der Waals surface area contributed by atoms with E-state index >= 15 is 0 Å². The molecule has 1 atom stereocenters. The molecule has 4 rings (SSSR count). The fraction of sp³-hybridized carbons (Fsp3) is 0.167. The summed E-state index contributed by atoms with van der Waals surface area (Å²) in [7, 11) is 3.19. The summed E-state index contributed by atoms with van der Waals surface area (Å²) in [5.41, 5.74) is 3.21. The van der Waals surface area contributed by atoms with E-state index in [9.17, 15) is 4.79 Å². The molecule has 168 valence electrons. The van der Waals surface area contributed by atoms with Gasteiger partial charge in [0.05, 0.1) is 25.6 Å². The SMILES string of the molecule is COc1ccc(-n2nnnc2SC(C(=O)Nc2cc(C)ccc2OC)c2ccccc2)cc1. The monoisotopic (exact) mass is 461 g/mol. The van der Waals surface area contributed by atoms with Gasteiger partial charge in [-0.25, -0.2) is 0 Å². The van der Waals surface area contributed by atoms with Crippen molar-refractivity contribution in [2.75, 3.05) is 19.5 Å². The molecule has 0 spiro atoms. The van der Waals surface area contributed by atoms with E-state index < -0.39 is 5.25 Å². The summed E-state index contributed by atoms with van der Waals surface area (Å²) in [6.07, 6.45) is 0. The summed E-state index contributed by atoms with van der Waals surface area (Å²) in [5, 5.41) is 15.0. The Morgan fingerprint density at radius 2 is 1.76 bits per heavy atom. The Morgan fingerprint density at radius 1 is 1.00 bits per heavy atom. The molecule has 0 bridgehead atoms. The van der Waals surface area contributed by atoms with Gasteiger partial charge >= 0.3 is 0 Å². The Kier molecular flexibility index (Phi) is 6.89. The van der Waals surface area contributed by atoms with Gasteiger partial charge in [-0.1, -0.05) is 48.2 Å². The number of methoxy groups -OCH3 is 2. The average molecular weight is 462 g/mol. The molecule has 0 saturated carbocycles. The van der Waals surface area contributed by atoms with Crippen molar-refractivity contribution in [3.63, 3.8) is 0 Å². The molecule has 0 aliphatic carbocycles. The molecule has 1 amide bonds. The second kappa shape index (κ2) is 10.2. The standard InChI is InChI=1S/C24H23N5O3S/c1-16-9-14-21(32-3)20(15-16)25-23(30)22(17-7-5-4-6-8-17)33-24-26-27-28-29(24)18-10-12-19(31-2)13-11-18/h4-15,22H,1-3H3,(H,25,30). The van der Waals surface area contributed by atoms with Gasteiger partial charge in [-0.2, -0.15) is 4.68 Å². The molecule has 9 heteroatoms. The Bertz CT molecular complexity index is 1230. The number of aryl methyl sites for hydroxylation is 1. The van der Waals surface area contributed by atoms with Crippen LogP contribution in [0.3, 0.4) is 0 Å². The third-order valence-corrected chi connectivity index (χ3v) is 6.12. The molecule has 1 N–H and O–H groups in total. The topological polar surface area (TPSA) is 91.2 Å². The van der Waals surface area contributed by atoms with Crippen LogP contribution in [0.2, 0.25) is 0 Å². The van der Waals surface area contributed by atoms with Gasteiger partial charge in [0.25, 0.3) is 0 Å². The van der Waals surface area contributed by atoms with Crippen LogP contribution in [0.25, 0.3) is 5.69 Å². The summed E-state index contributed by atoms with van der Waals surface area (Å²) in [5.74, 6) is 1.11. The first-order chi connectivity index (χ1) is 16.1. The Hall–Kier alpha value is -3.85. The number of thioether (sulfide) groups is 1. The predicted molar refractivity (Wildman–Crippen MR) is 127 cm³/mol. The largest absolute Gasteiger partial charge is 0.497 e. The van der Waals surface area contributed by atoms with Gasteiger partial charge in [0.1, 0.15) is 16.7 Å². The number of aromatic nitrogens is 4. The fourth-order valence-corrected chi connectivity index (χ4v) is 4.26. The summed E-state index contributed by atoms with van der Waals surface area (Å²) in [6.45, 7) is 1.96. The van der Waals surface area contributed by atoms with Gasteiger partial charge in [0, 0.05) is 0 Å². The molecule has 1 unspecified atom stereocenters. The van der Waals surface area contributed by atoms with Crippen LogP contribution in [-0.2, 0) is 4.79 Å². The number of ether oxygens (including phenoxy) is 2. The van der Waals surface area contributed by atoms with Crippen molar-refractivity contribution in [3.8, 4) is 17.2 Å². The minimum absolute atomic E-state index is 0.209. The van der Waals surface area contributed by atoms with Gasteiger partial charge in [0.2, 0.25) is 11.1 Å². The van der Waals surface area contributed by atoms with E-state index in [0.717, 1.165) is 22.6 Å². The number of tetrazole rings is 1. The number of carbonyl (C=O) groups excluding carboxylic acids is 1. The number of carbonyl (C=O) groups is 1. The number of rotatable bonds is 8. The van der Waals surface area contributed by atoms with E-state index in [2.05, 4.69) is 20.8 Å². The molecule has 33 heavy (non-hydrogen) atoms. The molecule has 1 aromatic heterocycles. The van der Waals surface area contributed by atoms with Gasteiger partial charge in [0.15, 0.2) is 0 Å². The lowest BCUT2D eigenvalue weighted by Gasteiger charge is -2.18. The second-order valence-corrected chi connectivity index (χ2v) is 8.25. The lowest BCUT2D eigenvalue weighted by atomic mass is 10.1.